The minimum atomic E-state index is -0.895. The smallest absolute Gasteiger partial charge is 0.307 e. The van der Waals surface area contributed by atoms with Crippen molar-refractivity contribution >= 4 is 11.9 Å². The van der Waals surface area contributed by atoms with Gasteiger partial charge in [0.2, 0.25) is 5.91 Å². The highest BCUT2D eigenvalue weighted by atomic mass is 16.4. The van der Waals surface area contributed by atoms with Crippen LogP contribution in [0.25, 0.3) is 0 Å². The molecular weight excluding hydrogens is 198 g/mol. The number of amides is 1. The average Bonchev–Trinajstić information content (AvgIpc) is 2.96. The summed E-state index contributed by atoms with van der Waals surface area (Å²) in [6.45, 7) is 2.76. The van der Waals surface area contributed by atoms with E-state index in [4.69, 9.17) is 10.2 Å². The first kappa shape index (κ1) is 12.0. The van der Waals surface area contributed by atoms with Crippen molar-refractivity contribution in [3.63, 3.8) is 0 Å². The Hall–Kier alpha value is -1.10. The van der Waals surface area contributed by atoms with Crippen molar-refractivity contribution < 1.29 is 19.8 Å². The number of aliphatic hydroxyl groups is 1. The number of carboxylic acids is 1. The SMILES string of the molecule is CCCN(CCO)C(=O)C1CC1C(=O)O. The van der Waals surface area contributed by atoms with Crippen molar-refractivity contribution in [1.29, 1.82) is 0 Å². The monoisotopic (exact) mass is 215 g/mol. The van der Waals surface area contributed by atoms with E-state index < -0.39 is 11.9 Å². The molecule has 2 N–H and O–H groups in total. The Balaban J connectivity index is 2.47. The Morgan fingerprint density at radius 3 is 2.40 bits per heavy atom. The molecule has 5 heteroatoms. The summed E-state index contributed by atoms with van der Waals surface area (Å²) in [4.78, 5) is 23.9. The molecule has 0 aromatic carbocycles. The summed E-state index contributed by atoms with van der Waals surface area (Å²) >= 11 is 0. The molecule has 1 fully saturated rings. The molecule has 0 aliphatic heterocycles. The Morgan fingerprint density at radius 1 is 1.33 bits per heavy atom. The van der Waals surface area contributed by atoms with Gasteiger partial charge in [-0.2, -0.15) is 0 Å². The lowest BCUT2D eigenvalue weighted by molar-refractivity contribution is -0.142. The molecule has 0 radical (unpaired) electrons. The normalized spacial score (nSPS) is 23.6. The molecule has 0 bridgehead atoms. The number of hydrogen-bond acceptors (Lipinski definition) is 3. The zero-order valence-corrected chi connectivity index (χ0v) is 8.85. The van der Waals surface area contributed by atoms with Gasteiger partial charge in [-0.25, -0.2) is 0 Å². The number of carboxylic acid groups (broad SMARTS) is 1. The standard InChI is InChI=1S/C10H17NO4/c1-2-3-11(4-5-12)9(13)7-6-8(7)10(14)15/h7-8,12H,2-6H2,1H3,(H,14,15). The lowest BCUT2D eigenvalue weighted by atomic mass is 10.2. The Bertz CT molecular complexity index is 248. The molecule has 86 valence electrons. The second kappa shape index (κ2) is 5.11. The van der Waals surface area contributed by atoms with Crippen molar-refractivity contribution in [3.8, 4) is 0 Å². The first-order valence-corrected chi connectivity index (χ1v) is 5.24. The molecule has 15 heavy (non-hydrogen) atoms. The third-order valence-corrected chi connectivity index (χ3v) is 2.60. The van der Waals surface area contributed by atoms with E-state index >= 15 is 0 Å². The lowest BCUT2D eigenvalue weighted by Gasteiger charge is -2.20. The van der Waals surface area contributed by atoms with Gasteiger partial charge in [-0.05, 0) is 12.8 Å². The predicted octanol–water partition coefficient (Wildman–Crippen LogP) is -0.0620. The fourth-order valence-corrected chi connectivity index (χ4v) is 1.70. The highest BCUT2D eigenvalue weighted by molar-refractivity contribution is 5.89. The topological polar surface area (TPSA) is 77.8 Å². The van der Waals surface area contributed by atoms with Gasteiger partial charge in [0, 0.05) is 13.1 Å². The highest BCUT2D eigenvalue weighted by Gasteiger charge is 2.49. The van der Waals surface area contributed by atoms with Crippen molar-refractivity contribution in [2.24, 2.45) is 11.8 Å². The van der Waals surface area contributed by atoms with E-state index in [9.17, 15) is 9.59 Å². The zero-order valence-electron chi connectivity index (χ0n) is 8.85. The molecular formula is C10H17NO4. The van der Waals surface area contributed by atoms with Gasteiger partial charge >= 0.3 is 5.97 Å². The van der Waals surface area contributed by atoms with E-state index in [2.05, 4.69) is 0 Å². The molecule has 2 unspecified atom stereocenters. The molecule has 1 amide bonds. The number of carbonyl (C=O) groups is 2. The van der Waals surface area contributed by atoms with Crippen LogP contribution in [0.1, 0.15) is 19.8 Å². The van der Waals surface area contributed by atoms with Crippen LogP contribution in [0.3, 0.4) is 0 Å². The molecule has 0 heterocycles. The molecule has 0 saturated heterocycles. The van der Waals surface area contributed by atoms with Crippen molar-refractivity contribution in [1.82, 2.24) is 4.90 Å². The van der Waals surface area contributed by atoms with Crippen molar-refractivity contribution in [2.45, 2.75) is 19.8 Å². The number of nitrogens with zero attached hydrogens (tertiary/aromatic N) is 1. The van der Waals surface area contributed by atoms with E-state index in [1.807, 2.05) is 6.92 Å². The van der Waals surface area contributed by atoms with Crippen molar-refractivity contribution in [2.75, 3.05) is 19.7 Å². The predicted molar refractivity (Wildman–Crippen MR) is 53.2 cm³/mol. The van der Waals surface area contributed by atoms with Crippen LogP contribution < -0.4 is 0 Å². The van der Waals surface area contributed by atoms with E-state index in [-0.39, 0.29) is 18.4 Å². The molecule has 0 aromatic rings. The van der Waals surface area contributed by atoms with E-state index in [1.165, 1.54) is 0 Å². The molecule has 1 aliphatic carbocycles. The molecule has 0 spiro atoms. The zero-order chi connectivity index (χ0) is 11.4. The van der Waals surface area contributed by atoms with Crippen LogP contribution >= 0.6 is 0 Å². The van der Waals surface area contributed by atoms with Gasteiger partial charge in [0.25, 0.3) is 0 Å². The van der Waals surface area contributed by atoms with Gasteiger partial charge < -0.3 is 15.1 Å². The molecule has 1 saturated carbocycles. The summed E-state index contributed by atoms with van der Waals surface area (Å²) < 4.78 is 0. The van der Waals surface area contributed by atoms with Gasteiger partial charge in [-0.3, -0.25) is 9.59 Å². The van der Waals surface area contributed by atoms with Gasteiger partial charge in [0.15, 0.2) is 0 Å². The van der Waals surface area contributed by atoms with Crippen LogP contribution in [0.5, 0.6) is 0 Å². The first-order valence-electron chi connectivity index (χ1n) is 5.24. The van der Waals surface area contributed by atoms with Gasteiger partial charge in [-0.15, -0.1) is 0 Å². The Labute approximate surface area is 88.7 Å². The van der Waals surface area contributed by atoms with E-state index in [0.29, 0.717) is 19.5 Å². The number of carbonyl (C=O) groups excluding carboxylic acids is 1. The first-order chi connectivity index (χ1) is 7.11. The molecule has 1 aliphatic rings. The fraction of sp³-hybridized carbons (Fsp3) is 0.800. The molecule has 0 aromatic heterocycles. The largest absolute Gasteiger partial charge is 0.481 e. The molecule has 5 nitrogen and oxygen atoms in total. The average molecular weight is 215 g/mol. The van der Waals surface area contributed by atoms with Crippen LogP contribution in [0.15, 0.2) is 0 Å². The van der Waals surface area contributed by atoms with Crippen LogP contribution in [-0.4, -0.2) is 46.7 Å². The third-order valence-electron chi connectivity index (χ3n) is 2.60. The van der Waals surface area contributed by atoms with Crippen molar-refractivity contribution in [3.05, 3.63) is 0 Å². The summed E-state index contributed by atoms with van der Waals surface area (Å²) in [5, 5.41) is 17.5. The van der Waals surface area contributed by atoms with Crippen LogP contribution in [0, 0.1) is 11.8 Å². The maximum absolute atomic E-state index is 11.8. The summed E-state index contributed by atoms with van der Waals surface area (Å²) in [5.74, 6) is -1.89. The van der Waals surface area contributed by atoms with Crippen LogP contribution in [-0.2, 0) is 9.59 Å². The summed E-state index contributed by atoms with van der Waals surface area (Å²) in [6.07, 6.45) is 1.26. The van der Waals surface area contributed by atoms with Gasteiger partial charge in [-0.1, -0.05) is 6.92 Å². The minimum Gasteiger partial charge on any atom is -0.481 e. The maximum atomic E-state index is 11.8. The second-order valence-electron chi connectivity index (χ2n) is 3.84. The third kappa shape index (κ3) is 2.92. The summed E-state index contributed by atoms with van der Waals surface area (Å²) in [7, 11) is 0. The Morgan fingerprint density at radius 2 is 2.00 bits per heavy atom. The highest BCUT2D eigenvalue weighted by Crippen LogP contribution is 2.40. The number of rotatable bonds is 6. The fourth-order valence-electron chi connectivity index (χ4n) is 1.70. The number of hydrogen-bond donors (Lipinski definition) is 2. The summed E-state index contributed by atoms with van der Waals surface area (Å²) in [5.41, 5.74) is 0. The molecule has 2 atom stereocenters. The lowest BCUT2D eigenvalue weighted by Crippen LogP contribution is -2.36. The van der Waals surface area contributed by atoms with Crippen LogP contribution in [0.4, 0.5) is 0 Å². The Kier molecular flexibility index (Phi) is 4.08. The summed E-state index contributed by atoms with van der Waals surface area (Å²) in [6, 6.07) is 0. The molecule has 1 rings (SSSR count). The van der Waals surface area contributed by atoms with Crippen LogP contribution in [0.2, 0.25) is 0 Å². The minimum absolute atomic E-state index is 0.0732. The van der Waals surface area contributed by atoms with E-state index in [0.717, 1.165) is 6.42 Å². The second-order valence-corrected chi connectivity index (χ2v) is 3.84. The van der Waals surface area contributed by atoms with E-state index in [1.54, 1.807) is 4.90 Å². The quantitative estimate of drug-likeness (QED) is 0.650. The van der Waals surface area contributed by atoms with Gasteiger partial charge in [0.05, 0.1) is 18.4 Å². The number of aliphatic carboxylic acids is 1. The van der Waals surface area contributed by atoms with Gasteiger partial charge in [0.1, 0.15) is 0 Å². The maximum Gasteiger partial charge on any atom is 0.307 e. The number of aliphatic hydroxyl groups excluding tert-OH is 1.